The van der Waals surface area contributed by atoms with Crippen molar-refractivity contribution in [3.8, 4) is 0 Å². The Morgan fingerprint density at radius 1 is 1.27 bits per heavy atom. The van der Waals surface area contributed by atoms with E-state index in [-0.39, 0.29) is 65.5 Å². The zero-order valence-corrected chi connectivity index (χ0v) is 13.5. The van der Waals surface area contributed by atoms with Crippen molar-refractivity contribution in [3.63, 3.8) is 0 Å². The van der Waals surface area contributed by atoms with E-state index in [4.69, 9.17) is 0 Å². The number of hydrogen-bond acceptors (Lipinski definition) is 5. The molecular formula is C8H13NNa2O4. The van der Waals surface area contributed by atoms with Crippen molar-refractivity contribution in [3.05, 3.63) is 0 Å². The molecule has 76 valence electrons. The Bertz CT molecular complexity index is 189. The van der Waals surface area contributed by atoms with Crippen LogP contribution in [-0.4, -0.2) is 25.0 Å². The predicted octanol–water partition coefficient (Wildman–Crippen LogP) is -8.50. The van der Waals surface area contributed by atoms with Crippen LogP contribution >= 0.6 is 0 Å². The fourth-order valence-corrected chi connectivity index (χ4v) is 0.958. The van der Waals surface area contributed by atoms with Crippen LogP contribution in [0.1, 0.15) is 19.8 Å². The van der Waals surface area contributed by atoms with E-state index in [9.17, 15) is 19.8 Å². The van der Waals surface area contributed by atoms with Crippen molar-refractivity contribution < 1.29 is 78.9 Å². The van der Waals surface area contributed by atoms with E-state index in [1.54, 1.807) is 0 Å². The zero-order valence-electron chi connectivity index (χ0n) is 9.54. The third kappa shape index (κ3) is 12.8. The summed E-state index contributed by atoms with van der Waals surface area (Å²) < 4.78 is 0. The van der Waals surface area contributed by atoms with Gasteiger partial charge < -0.3 is 25.1 Å². The molecule has 7 heteroatoms. The molecule has 0 aromatic carbocycles. The smallest absolute Gasteiger partial charge is 0.550 e. The maximum Gasteiger partial charge on any atom is 1.00 e. The van der Waals surface area contributed by atoms with Gasteiger partial charge in [0.1, 0.15) is 0 Å². The largest absolute Gasteiger partial charge is 1.00 e. The summed E-state index contributed by atoms with van der Waals surface area (Å²) in [6.07, 6.45) is -0.224. The van der Waals surface area contributed by atoms with Crippen molar-refractivity contribution in [1.29, 1.82) is 0 Å². The number of carboxylic acids is 2. The van der Waals surface area contributed by atoms with Gasteiger partial charge in [-0.25, -0.2) is 0 Å². The van der Waals surface area contributed by atoms with Gasteiger partial charge in [0.2, 0.25) is 0 Å². The molecule has 0 radical (unpaired) electrons. The van der Waals surface area contributed by atoms with Crippen LogP contribution in [-0.2, 0) is 9.59 Å². The van der Waals surface area contributed by atoms with Crippen LogP contribution in [0.3, 0.4) is 0 Å². The predicted molar refractivity (Wildman–Crippen MR) is 41.3 cm³/mol. The number of carboxylic acid groups (broad SMARTS) is 2. The molecule has 0 aliphatic rings. The second-order valence-electron chi connectivity index (χ2n) is 2.73. The van der Waals surface area contributed by atoms with Gasteiger partial charge in [-0.1, -0.05) is 6.92 Å². The number of hydrogen-bond donors (Lipinski definition) is 1. The third-order valence-electron chi connectivity index (χ3n) is 1.67. The monoisotopic (exact) mass is 233 g/mol. The summed E-state index contributed by atoms with van der Waals surface area (Å²) in [7, 11) is 0. The average molecular weight is 233 g/mol. The van der Waals surface area contributed by atoms with Gasteiger partial charge in [0.15, 0.2) is 0 Å². The van der Waals surface area contributed by atoms with E-state index in [0.717, 1.165) is 6.54 Å². The average Bonchev–Trinajstić information content (AvgIpc) is 2.02. The second kappa shape index (κ2) is 13.0. The number of rotatable bonds is 7. The number of aliphatic carboxylic acids is 2. The van der Waals surface area contributed by atoms with Crippen molar-refractivity contribution in [1.82, 2.24) is 5.32 Å². The van der Waals surface area contributed by atoms with Crippen LogP contribution in [0.15, 0.2) is 0 Å². The van der Waals surface area contributed by atoms with Gasteiger partial charge in [-0.3, -0.25) is 0 Å². The van der Waals surface area contributed by atoms with Crippen LogP contribution < -0.4 is 74.6 Å². The summed E-state index contributed by atoms with van der Waals surface area (Å²) in [4.78, 5) is 20.5. The SMILES string of the molecule is CCNCCC(CC(=O)[O-])C(=O)[O-].[Na+].[Na+]. The standard InChI is InChI=1S/C8H15NO4.2Na/c1-2-9-4-3-6(8(12)13)5-7(10)11;;/h6,9H,2-5H2,1H3,(H,10,11)(H,12,13);;/q;2*+1/p-2. The van der Waals surface area contributed by atoms with Gasteiger partial charge in [0.25, 0.3) is 0 Å². The maximum atomic E-state index is 10.4. The Hall–Kier alpha value is 0.900. The van der Waals surface area contributed by atoms with Crippen molar-refractivity contribution in [2.45, 2.75) is 19.8 Å². The fraction of sp³-hybridized carbons (Fsp3) is 0.750. The Kier molecular flexibility index (Phi) is 18.3. The van der Waals surface area contributed by atoms with Gasteiger partial charge in [0, 0.05) is 17.9 Å². The van der Waals surface area contributed by atoms with Gasteiger partial charge >= 0.3 is 59.1 Å². The van der Waals surface area contributed by atoms with Crippen molar-refractivity contribution >= 4 is 11.9 Å². The molecule has 0 rings (SSSR count). The zero-order chi connectivity index (χ0) is 10.3. The van der Waals surface area contributed by atoms with Crippen molar-refractivity contribution in [2.24, 2.45) is 5.92 Å². The fourth-order valence-electron chi connectivity index (χ4n) is 0.958. The molecular weight excluding hydrogens is 220 g/mol. The Morgan fingerprint density at radius 3 is 2.13 bits per heavy atom. The van der Waals surface area contributed by atoms with Crippen LogP contribution in [0.2, 0.25) is 0 Å². The molecule has 0 saturated heterocycles. The summed E-state index contributed by atoms with van der Waals surface area (Å²) in [5.41, 5.74) is 0. The molecule has 15 heavy (non-hydrogen) atoms. The van der Waals surface area contributed by atoms with Crippen LogP contribution in [0, 0.1) is 5.92 Å². The van der Waals surface area contributed by atoms with Crippen LogP contribution in [0.5, 0.6) is 0 Å². The molecule has 0 amide bonds. The normalized spacial score (nSPS) is 10.7. The topological polar surface area (TPSA) is 92.3 Å². The summed E-state index contributed by atoms with van der Waals surface area (Å²) in [6, 6.07) is 0. The molecule has 0 heterocycles. The molecule has 1 atom stereocenters. The molecule has 0 bridgehead atoms. The minimum absolute atomic E-state index is 0. The summed E-state index contributed by atoms with van der Waals surface area (Å²) >= 11 is 0. The van der Waals surface area contributed by atoms with Gasteiger partial charge in [-0.15, -0.1) is 0 Å². The summed E-state index contributed by atoms with van der Waals surface area (Å²) in [6.45, 7) is 3.08. The molecule has 0 spiro atoms. The van der Waals surface area contributed by atoms with Gasteiger partial charge in [-0.2, -0.15) is 0 Å². The minimum atomic E-state index is -1.36. The van der Waals surface area contributed by atoms with E-state index >= 15 is 0 Å². The summed E-state index contributed by atoms with van der Waals surface area (Å²) in [5, 5.41) is 23.4. The maximum absolute atomic E-state index is 10.4. The van der Waals surface area contributed by atoms with Gasteiger partial charge in [0.05, 0.1) is 0 Å². The first-order valence-corrected chi connectivity index (χ1v) is 4.19. The van der Waals surface area contributed by atoms with Crippen LogP contribution in [0.4, 0.5) is 0 Å². The summed E-state index contributed by atoms with van der Waals surface area (Å²) in [5.74, 6) is -3.64. The first-order chi connectivity index (χ1) is 6.07. The molecule has 0 saturated carbocycles. The molecule has 1 unspecified atom stereocenters. The second-order valence-corrected chi connectivity index (χ2v) is 2.73. The molecule has 1 N–H and O–H groups in total. The van der Waals surface area contributed by atoms with E-state index < -0.39 is 24.3 Å². The molecule has 0 aliphatic heterocycles. The first kappa shape index (κ1) is 21.2. The number of carbonyl (C=O) groups is 2. The van der Waals surface area contributed by atoms with E-state index in [1.165, 1.54) is 0 Å². The van der Waals surface area contributed by atoms with Crippen molar-refractivity contribution in [2.75, 3.05) is 13.1 Å². The first-order valence-electron chi connectivity index (χ1n) is 4.19. The minimum Gasteiger partial charge on any atom is -0.550 e. The number of carbonyl (C=O) groups excluding carboxylic acids is 2. The van der Waals surface area contributed by atoms with E-state index in [0.29, 0.717) is 6.54 Å². The molecule has 0 fully saturated rings. The Balaban J connectivity index is -0.000000720. The molecule has 5 nitrogen and oxygen atoms in total. The van der Waals surface area contributed by atoms with E-state index in [1.807, 2.05) is 6.92 Å². The van der Waals surface area contributed by atoms with Crippen LogP contribution in [0.25, 0.3) is 0 Å². The molecule has 0 aromatic heterocycles. The Morgan fingerprint density at radius 2 is 1.80 bits per heavy atom. The Labute approximate surface area is 134 Å². The quantitative estimate of drug-likeness (QED) is 0.348. The third-order valence-corrected chi connectivity index (χ3v) is 1.67. The molecule has 0 aliphatic carbocycles. The van der Waals surface area contributed by atoms with Gasteiger partial charge in [-0.05, 0) is 25.9 Å². The van der Waals surface area contributed by atoms with E-state index in [2.05, 4.69) is 5.32 Å². The number of nitrogens with one attached hydrogen (secondary N) is 1. The molecule has 0 aromatic rings.